The molecule has 32 heavy (non-hydrogen) atoms. The number of hydrogen-bond donors (Lipinski definition) is 2. The van der Waals surface area contributed by atoms with Gasteiger partial charge in [0.1, 0.15) is 17.4 Å². The molecular formula is C26H23F2NO3. The van der Waals surface area contributed by atoms with Gasteiger partial charge in [-0.2, -0.15) is 0 Å². The molecular weight excluding hydrogens is 412 g/mol. The van der Waals surface area contributed by atoms with Crippen molar-refractivity contribution in [2.75, 3.05) is 11.5 Å². The Morgan fingerprint density at radius 1 is 0.906 bits per heavy atom. The topological polar surface area (TPSA) is 60.8 Å². The summed E-state index contributed by atoms with van der Waals surface area (Å²) in [5.74, 6) is -0.936. The Hall–Kier alpha value is -3.51. The molecule has 3 aromatic rings. The molecule has 0 aromatic heterocycles. The van der Waals surface area contributed by atoms with Crippen molar-refractivity contribution in [2.45, 2.75) is 18.9 Å². The van der Waals surface area contributed by atoms with Crippen molar-refractivity contribution in [3.63, 3.8) is 0 Å². The average Bonchev–Trinajstić information content (AvgIpc) is 2.80. The number of nitrogens with zero attached hydrogens (tertiary/aromatic N) is 1. The van der Waals surface area contributed by atoms with Crippen LogP contribution in [0.25, 0.3) is 5.57 Å². The molecule has 0 saturated carbocycles. The highest BCUT2D eigenvalue weighted by molar-refractivity contribution is 6.03. The summed E-state index contributed by atoms with van der Waals surface area (Å²) >= 11 is 0. The predicted octanol–water partition coefficient (Wildman–Crippen LogP) is 5.23. The van der Waals surface area contributed by atoms with E-state index in [1.165, 1.54) is 24.3 Å². The molecule has 2 unspecified atom stereocenters. The van der Waals surface area contributed by atoms with E-state index in [-0.39, 0.29) is 41.9 Å². The number of carbonyl (C=O) groups is 1. The minimum Gasteiger partial charge on any atom is -0.508 e. The van der Waals surface area contributed by atoms with Gasteiger partial charge in [0.05, 0.1) is 18.6 Å². The van der Waals surface area contributed by atoms with Gasteiger partial charge in [0.2, 0.25) is 5.91 Å². The van der Waals surface area contributed by atoms with Gasteiger partial charge in [-0.25, -0.2) is 8.78 Å². The van der Waals surface area contributed by atoms with Crippen molar-refractivity contribution in [1.82, 2.24) is 0 Å². The molecule has 6 heteroatoms. The number of β-lactam (4-membered cyclic amide) rings is 1. The summed E-state index contributed by atoms with van der Waals surface area (Å²) in [6.07, 6.45) is 2.97. The Morgan fingerprint density at radius 3 is 2.09 bits per heavy atom. The van der Waals surface area contributed by atoms with Crippen molar-refractivity contribution in [2.24, 2.45) is 5.92 Å². The smallest absolute Gasteiger partial charge is 0.233 e. The number of hydrogen-bond acceptors (Lipinski definition) is 3. The van der Waals surface area contributed by atoms with Crippen LogP contribution in [0.1, 0.15) is 30.0 Å². The van der Waals surface area contributed by atoms with E-state index in [2.05, 4.69) is 0 Å². The number of anilines is 1. The van der Waals surface area contributed by atoms with Gasteiger partial charge in [-0.3, -0.25) is 4.79 Å². The first-order valence-electron chi connectivity index (χ1n) is 10.4. The van der Waals surface area contributed by atoms with Crippen molar-refractivity contribution in [1.29, 1.82) is 0 Å². The molecule has 1 fully saturated rings. The van der Waals surface area contributed by atoms with E-state index in [0.717, 1.165) is 11.1 Å². The number of allylic oxidation sites excluding steroid dienone is 1. The van der Waals surface area contributed by atoms with Crippen molar-refractivity contribution in [3.8, 4) is 5.75 Å². The molecule has 0 spiro atoms. The van der Waals surface area contributed by atoms with Crippen molar-refractivity contribution < 1.29 is 23.8 Å². The maximum absolute atomic E-state index is 13.4. The van der Waals surface area contributed by atoms with E-state index in [1.807, 2.05) is 6.08 Å². The lowest BCUT2D eigenvalue weighted by atomic mass is 9.79. The molecule has 1 heterocycles. The SMILES string of the molecule is O=C1C(CCC=C(CO)c2ccc(F)cc2)C(c2ccc(O)cc2)N1c1ccc(F)cc1. The summed E-state index contributed by atoms with van der Waals surface area (Å²) in [4.78, 5) is 14.7. The van der Waals surface area contributed by atoms with Crippen molar-refractivity contribution in [3.05, 3.63) is 102 Å². The van der Waals surface area contributed by atoms with E-state index in [1.54, 1.807) is 53.4 Å². The fourth-order valence-electron chi connectivity index (χ4n) is 4.15. The summed E-state index contributed by atoms with van der Waals surface area (Å²) in [6, 6.07) is 18.2. The lowest BCUT2D eigenvalue weighted by Gasteiger charge is -2.47. The van der Waals surface area contributed by atoms with Crippen LogP contribution in [-0.4, -0.2) is 22.7 Å². The monoisotopic (exact) mass is 435 g/mol. The number of benzene rings is 3. The second kappa shape index (κ2) is 9.32. The molecule has 1 aliphatic heterocycles. The second-order valence-corrected chi connectivity index (χ2v) is 7.80. The van der Waals surface area contributed by atoms with Crippen LogP contribution in [-0.2, 0) is 4.79 Å². The number of carbonyl (C=O) groups excluding carboxylic acids is 1. The van der Waals surface area contributed by atoms with E-state index < -0.39 is 0 Å². The van der Waals surface area contributed by atoms with Gasteiger partial charge in [-0.15, -0.1) is 0 Å². The zero-order chi connectivity index (χ0) is 22.7. The summed E-state index contributed by atoms with van der Waals surface area (Å²) in [5.41, 5.74) is 2.90. The van der Waals surface area contributed by atoms with Gasteiger partial charge in [-0.05, 0) is 78.1 Å². The lowest BCUT2D eigenvalue weighted by Crippen LogP contribution is -2.55. The first-order chi connectivity index (χ1) is 15.5. The largest absolute Gasteiger partial charge is 0.508 e. The molecule has 0 radical (unpaired) electrons. The minimum atomic E-state index is -0.373. The molecule has 0 bridgehead atoms. The quantitative estimate of drug-likeness (QED) is 0.500. The fraction of sp³-hybridized carbons (Fsp3) is 0.192. The Bertz CT molecular complexity index is 1110. The van der Waals surface area contributed by atoms with Crippen LogP contribution in [0.4, 0.5) is 14.5 Å². The standard InChI is InChI=1S/C26H23F2NO3/c27-20-8-4-17(5-9-20)19(16-30)2-1-3-24-25(18-6-14-23(31)15-7-18)29(26(24)32)22-12-10-21(28)11-13-22/h2,4-15,24-25,30-31H,1,3,16H2. The molecule has 1 saturated heterocycles. The van der Waals surface area contributed by atoms with Gasteiger partial charge in [-0.1, -0.05) is 30.3 Å². The zero-order valence-electron chi connectivity index (χ0n) is 17.3. The van der Waals surface area contributed by atoms with E-state index >= 15 is 0 Å². The summed E-state index contributed by atoms with van der Waals surface area (Å²) < 4.78 is 26.5. The highest BCUT2D eigenvalue weighted by Gasteiger charge is 2.48. The van der Waals surface area contributed by atoms with Gasteiger partial charge >= 0.3 is 0 Å². The Balaban J connectivity index is 1.55. The van der Waals surface area contributed by atoms with E-state index in [9.17, 15) is 23.8 Å². The highest BCUT2D eigenvalue weighted by atomic mass is 19.1. The number of halogens is 2. The Kier molecular flexibility index (Phi) is 6.32. The summed E-state index contributed by atoms with van der Waals surface area (Å²) in [5, 5.41) is 19.4. The van der Waals surface area contributed by atoms with E-state index in [0.29, 0.717) is 24.1 Å². The number of phenols is 1. The van der Waals surface area contributed by atoms with Gasteiger partial charge in [0, 0.05) is 5.69 Å². The third-order valence-corrected chi connectivity index (χ3v) is 5.81. The zero-order valence-corrected chi connectivity index (χ0v) is 17.3. The number of phenolic OH excluding ortho intramolecular Hbond substituents is 1. The maximum Gasteiger partial charge on any atom is 0.233 e. The first-order valence-corrected chi connectivity index (χ1v) is 10.4. The second-order valence-electron chi connectivity index (χ2n) is 7.80. The molecule has 0 aliphatic carbocycles. The molecule has 2 atom stereocenters. The first kappa shape index (κ1) is 21.7. The molecule has 1 amide bonds. The van der Waals surface area contributed by atoms with E-state index in [4.69, 9.17) is 0 Å². The third kappa shape index (κ3) is 4.41. The van der Waals surface area contributed by atoms with Crippen molar-refractivity contribution >= 4 is 17.2 Å². The molecule has 4 rings (SSSR count). The predicted molar refractivity (Wildman–Crippen MR) is 119 cm³/mol. The van der Waals surface area contributed by atoms with Gasteiger partial charge in [0.15, 0.2) is 0 Å². The number of amides is 1. The maximum atomic E-state index is 13.4. The molecule has 4 nitrogen and oxygen atoms in total. The normalized spacial score (nSPS) is 18.5. The molecule has 2 N–H and O–H groups in total. The number of aromatic hydroxyl groups is 1. The molecule has 1 aliphatic rings. The minimum absolute atomic E-state index is 0.0598. The van der Waals surface area contributed by atoms with Crippen LogP contribution in [0.2, 0.25) is 0 Å². The van der Waals surface area contributed by atoms with Gasteiger partial charge in [0.25, 0.3) is 0 Å². The molecule has 164 valence electrons. The summed E-state index contributed by atoms with van der Waals surface area (Å²) in [6.45, 7) is -0.187. The van der Waals surface area contributed by atoms with Crippen LogP contribution in [0.15, 0.2) is 78.9 Å². The van der Waals surface area contributed by atoms with Gasteiger partial charge < -0.3 is 15.1 Å². The Labute approximate surface area is 185 Å². The Morgan fingerprint density at radius 2 is 1.50 bits per heavy atom. The van der Waals surface area contributed by atoms with Crippen LogP contribution in [0, 0.1) is 17.6 Å². The highest BCUT2D eigenvalue weighted by Crippen LogP contribution is 2.46. The number of rotatable bonds is 7. The van der Waals surface area contributed by atoms with Crippen LogP contribution >= 0.6 is 0 Å². The molecule has 3 aromatic carbocycles. The summed E-state index contributed by atoms with van der Waals surface area (Å²) in [7, 11) is 0. The van der Waals surface area contributed by atoms with Crippen LogP contribution in [0.5, 0.6) is 5.75 Å². The fourth-order valence-corrected chi connectivity index (χ4v) is 4.15. The van der Waals surface area contributed by atoms with Crippen LogP contribution < -0.4 is 4.90 Å². The van der Waals surface area contributed by atoms with Crippen LogP contribution in [0.3, 0.4) is 0 Å². The number of aliphatic hydroxyl groups excluding tert-OH is 1. The third-order valence-electron chi connectivity index (χ3n) is 5.81. The number of aliphatic hydroxyl groups is 1. The lowest BCUT2D eigenvalue weighted by molar-refractivity contribution is -0.130. The average molecular weight is 435 g/mol.